The molecule has 1 aliphatic carbocycles. The van der Waals surface area contributed by atoms with Crippen LogP contribution in [0.25, 0.3) is 21.3 Å². The Hall–Kier alpha value is -3.99. The lowest BCUT2D eigenvalue weighted by atomic mass is 9.88. The van der Waals surface area contributed by atoms with E-state index < -0.39 is 24.0 Å². The summed E-state index contributed by atoms with van der Waals surface area (Å²) in [5.74, 6) is -2.22. The first-order chi connectivity index (χ1) is 18.6. The molecule has 202 valence electrons. The summed E-state index contributed by atoms with van der Waals surface area (Å²) in [6.45, 7) is 0. The van der Waals surface area contributed by atoms with Gasteiger partial charge >= 0.3 is 12.3 Å². The number of Topliss-reactive ketones (excluding diaryl/α,β-unsaturated/α-hetero) is 1. The second kappa shape index (κ2) is 10.6. The van der Waals surface area contributed by atoms with Crippen LogP contribution < -0.4 is 10.1 Å². The predicted octanol–water partition coefficient (Wildman–Crippen LogP) is 7.52. The van der Waals surface area contributed by atoms with Crippen LogP contribution in [0.1, 0.15) is 29.6 Å². The number of hydrogen-bond donors (Lipinski definition) is 1. The number of alkyl halides is 3. The Morgan fingerprint density at radius 1 is 0.974 bits per heavy atom. The van der Waals surface area contributed by atoms with Gasteiger partial charge < -0.3 is 14.8 Å². The molecule has 2 unspecified atom stereocenters. The molecule has 1 aliphatic rings. The van der Waals surface area contributed by atoms with E-state index in [1.54, 1.807) is 30.3 Å². The average Bonchev–Trinajstić information content (AvgIpc) is 3.55. The minimum atomic E-state index is -4.80. The van der Waals surface area contributed by atoms with Crippen molar-refractivity contribution < 1.29 is 36.6 Å². The van der Waals surface area contributed by atoms with Gasteiger partial charge in [0, 0.05) is 17.5 Å². The maximum atomic E-state index is 15.0. The highest BCUT2D eigenvalue weighted by molar-refractivity contribution is 7.22. The highest BCUT2D eigenvalue weighted by Gasteiger charge is 2.38. The summed E-state index contributed by atoms with van der Waals surface area (Å²) < 4.78 is 61.7. The third kappa shape index (κ3) is 5.88. The van der Waals surface area contributed by atoms with Gasteiger partial charge in [0.05, 0.1) is 28.9 Å². The van der Waals surface area contributed by atoms with Crippen LogP contribution >= 0.6 is 11.3 Å². The molecule has 1 N–H and O–H groups in total. The molecule has 1 heterocycles. The summed E-state index contributed by atoms with van der Waals surface area (Å²) in [5, 5.41) is 3.17. The second-order valence-corrected chi connectivity index (χ2v) is 10.2. The molecule has 0 aliphatic heterocycles. The number of anilines is 2. The van der Waals surface area contributed by atoms with E-state index in [1.165, 1.54) is 37.4 Å². The lowest BCUT2D eigenvalue weighted by Crippen LogP contribution is -2.26. The van der Waals surface area contributed by atoms with Crippen LogP contribution in [0.2, 0.25) is 0 Å². The van der Waals surface area contributed by atoms with Gasteiger partial charge in [0.15, 0.2) is 10.9 Å². The number of hydrogen-bond acceptors (Lipinski definition) is 7. The molecule has 1 saturated carbocycles. The van der Waals surface area contributed by atoms with Crippen LogP contribution in [-0.2, 0) is 9.53 Å². The number of carbonyl (C=O) groups excluding carboxylic acids is 2. The maximum Gasteiger partial charge on any atom is 0.573 e. The molecule has 3 aromatic carbocycles. The molecule has 39 heavy (non-hydrogen) atoms. The first-order valence-electron chi connectivity index (χ1n) is 12.1. The number of ether oxygens (including phenoxy) is 2. The van der Waals surface area contributed by atoms with Gasteiger partial charge in [0.1, 0.15) is 11.6 Å². The van der Waals surface area contributed by atoms with E-state index in [0.29, 0.717) is 44.9 Å². The fourth-order valence-electron chi connectivity index (χ4n) is 4.82. The highest BCUT2D eigenvalue weighted by atomic mass is 32.1. The molecule has 0 amide bonds. The van der Waals surface area contributed by atoms with E-state index in [2.05, 4.69) is 15.0 Å². The number of esters is 1. The first kappa shape index (κ1) is 26.6. The molecule has 0 radical (unpaired) electrons. The molecule has 0 bridgehead atoms. The van der Waals surface area contributed by atoms with Gasteiger partial charge in [-0.1, -0.05) is 48.1 Å². The standard InChI is InChI=1S/C28H22F4N2O4S/c1-37-26(36)20-4-2-3-19(20)25(35)16-7-5-15(6-8-16)17-9-11-22(21(29)13-17)33-27-34-23-12-10-18(14-24(23)39-27)38-28(30,31)32/h5-14,19-20H,2-4H2,1H3,(H,33,34). The Morgan fingerprint density at radius 2 is 1.69 bits per heavy atom. The zero-order chi connectivity index (χ0) is 27.7. The Bertz CT molecular complexity index is 1540. The molecule has 1 aromatic heterocycles. The number of halogens is 4. The van der Waals surface area contributed by atoms with Crippen LogP contribution in [0.5, 0.6) is 5.75 Å². The fourth-order valence-corrected chi connectivity index (χ4v) is 5.72. The number of benzene rings is 3. The topological polar surface area (TPSA) is 77.5 Å². The minimum absolute atomic E-state index is 0.104. The molecule has 1 fully saturated rings. The van der Waals surface area contributed by atoms with Gasteiger partial charge in [0.25, 0.3) is 0 Å². The Morgan fingerprint density at radius 3 is 2.38 bits per heavy atom. The first-order valence-corrected chi connectivity index (χ1v) is 12.9. The van der Waals surface area contributed by atoms with Crippen molar-refractivity contribution in [1.29, 1.82) is 0 Å². The molecule has 0 saturated heterocycles. The lowest BCUT2D eigenvalue weighted by molar-refractivity contribution is -0.274. The summed E-state index contributed by atoms with van der Waals surface area (Å²) in [5.41, 5.74) is 2.36. The number of fused-ring (bicyclic) bond motifs is 1. The van der Waals surface area contributed by atoms with Crippen molar-refractivity contribution in [2.45, 2.75) is 25.6 Å². The number of carbonyl (C=O) groups is 2. The van der Waals surface area contributed by atoms with E-state index in [4.69, 9.17) is 4.74 Å². The molecule has 5 rings (SSSR count). The van der Waals surface area contributed by atoms with Crippen LogP contribution in [-0.4, -0.2) is 30.2 Å². The SMILES string of the molecule is COC(=O)C1CCCC1C(=O)c1ccc(-c2ccc(Nc3nc4ccc(OC(F)(F)F)cc4s3)c(F)c2)cc1. The number of nitrogens with one attached hydrogen (secondary N) is 1. The van der Waals surface area contributed by atoms with Gasteiger partial charge in [-0.3, -0.25) is 9.59 Å². The van der Waals surface area contributed by atoms with Crippen molar-refractivity contribution >= 4 is 44.1 Å². The zero-order valence-electron chi connectivity index (χ0n) is 20.5. The molecular formula is C28H22F4N2O4S. The molecule has 6 nitrogen and oxygen atoms in total. The number of thiazole rings is 1. The van der Waals surface area contributed by atoms with Crippen LogP contribution in [0.3, 0.4) is 0 Å². The quantitative estimate of drug-likeness (QED) is 0.144. The van der Waals surface area contributed by atoms with E-state index in [1.807, 2.05) is 0 Å². The number of ketones is 1. The third-order valence-electron chi connectivity index (χ3n) is 6.66. The Balaban J connectivity index is 1.29. The number of methoxy groups -OCH3 is 1. The fraction of sp³-hybridized carbons (Fsp3) is 0.250. The predicted molar refractivity (Wildman–Crippen MR) is 139 cm³/mol. The van der Waals surface area contributed by atoms with Gasteiger partial charge in [-0.15, -0.1) is 13.2 Å². The molecule has 2 atom stereocenters. The lowest BCUT2D eigenvalue weighted by Gasteiger charge is -2.16. The zero-order valence-corrected chi connectivity index (χ0v) is 21.4. The summed E-state index contributed by atoms with van der Waals surface area (Å²) in [6.07, 6.45) is -2.75. The van der Waals surface area contributed by atoms with E-state index in [0.717, 1.165) is 17.8 Å². The van der Waals surface area contributed by atoms with Crippen LogP contribution in [0.4, 0.5) is 28.4 Å². The van der Waals surface area contributed by atoms with Gasteiger partial charge in [-0.25, -0.2) is 9.37 Å². The third-order valence-corrected chi connectivity index (χ3v) is 7.60. The molecule has 11 heteroatoms. The van der Waals surface area contributed by atoms with Crippen molar-refractivity contribution in [1.82, 2.24) is 4.98 Å². The van der Waals surface area contributed by atoms with Crippen molar-refractivity contribution in [3.8, 4) is 16.9 Å². The minimum Gasteiger partial charge on any atom is -0.469 e. The highest BCUT2D eigenvalue weighted by Crippen LogP contribution is 2.36. The van der Waals surface area contributed by atoms with Gasteiger partial charge in [0.2, 0.25) is 0 Å². The average molecular weight is 559 g/mol. The normalized spacial score (nSPS) is 17.3. The Kier molecular flexibility index (Phi) is 7.26. The van der Waals surface area contributed by atoms with Crippen molar-refractivity contribution in [2.75, 3.05) is 12.4 Å². The van der Waals surface area contributed by atoms with E-state index in [-0.39, 0.29) is 23.2 Å². The smallest absolute Gasteiger partial charge is 0.469 e. The summed E-state index contributed by atoms with van der Waals surface area (Å²) >= 11 is 1.06. The van der Waals surface area contributed by atoms with Gasteiger partial charge in [-0.05, 0) is 48.2 Å². The van der Waals surface area contributed by atoms with Gasteiger partial charge in [-0.2, -0.15) is 0 Å². The molecule has 4 aromatic rings. The van der Waals surface area contributed by atoms with E-state index >= 15 is 0 Å². The van der Waals surface area contributed by atoms with Crippen LogP contribution in [0, 0.1) is 17.7 Å². The monoisotopic (exact) mass is 558 g/mol. The Labute approximate surface area is 224 Å². The maximum absolute atomic E-state index is 15.0. The van der Waals surface area contributed by atoms with E-state index in [9.17, 15) is 27.2 Å². The van der Waals surface area contributed by atoms with Crippen molar-refractivity contribution in [3.63, 3.8) is 0 Å². The van der Waals surface area contributed by atoms with Crippen molar-refractivity contribution in [2.24, 2.45) is 11.8 Å². The summed E-state index contributed by atoms with van der Waals surface area (Å²) in [6, 6.07) is 15.2. The largest absolute Gasteiger partial charge is 0.573 e. The number of aromatic nitrogens is 1. The molecule has 0 spiro atoms. The number of nitrogens with zero attached hydrogens (tertiary/aromatic N) is 1. The molecular weight excluding hydrogens is 536 g/mol. The number of rotatable bonds is 7. The van der Waals surface area contributed by atoms with Crippen molar-refractivity contribution in [3.05, 3.63) is 72.0 Å². The summed E-state index contributed by atoms with van der Waals surface area (Å²) in [7, 11) is 1.32. The van der Waals surface area contributed by atoms with Crippen LogP contribution in [0.15, 0.2) is 60.7 Å². The summed E-state index contributed by atoms with van der Waals surface area (Å²) in [4.78, 5) is 29.3. The second-order valence-electron chi connectivity index (χ2n) is 9.12.